The van der Waals surface area contributed by atoms with Gasteiger partial charge < -0.3 is 10.6 Å². The normalized spacial score (nSPS) is 27.8. The first-order chi connectivity index (χ1) is 15.5. The third-order valence-electron chi connectivity index (χ3n) is 7.26. The number of amides is 2. The van der Waals surface area contributed by atoms with Crippen LogP contribution in [0, 0.1) is 17.8 Å². The Labute approximate surface area is 198 Å². The molecule has 4 aliphatic carbocycles. The second-order valence-corrected chi connectivity index (χ2v) is 11.6. The monoisotopic (exact) mass is 466 g/mol. The molecular formula is C26H30N2O2S2. The van der Waals surface area contributed by atoms with Crippen molar-refractivity contribution in [2.45, 2.75) is 53.9 Å². The lowest BCUT2D eigenvalue weighted by Crippen LogP contribution is -2.60. The van der Waals surface area contributed by atoms with Gasteiger partial charge in [-0.05, 0) is 92.9 Å². The highest BCUT2D eigenvalue weighted by molar-refractivity contribution is 8.00. The van der Waals surface area contributed by atoms with Gasteiger partial charge in [-0.2, -0.15) is 0 Å². The molecule has 0 radical (unpaired) electrons. The second-order valence-electron chi connectivity index (χ2n) is 9.72. The zero-order valence-electron chi connectivity index (χ0n) is 18.4. The minimum absolute atomic E-state index is 0.0333. The van der Waals surface area contributed by atoms with E-state index < -0.39 is 0 Å². The smallest absolute Gasteiger partial charge is 0.256 e. The number of anilines is 1. The molecular weight excluding hydrogens is 436 g/mol. The molecule has 4 bridgehead atoms. The lowest BCUT2D eigenvalue weighted by Gasteiger charge is -2.56. The molecule has 2 N–H and O–H groups in total. The largest absolute Gasteiger partial charge is 0.350 e. The van der Waals surface area contributed by atoms with E-state index in [9.17, 15) is 9.59 Å². The van der Waals surface area contributed by atoms with Crippen LogP contribution in [0.5, 0.6) is 0 Å². The summed E-state index contributed by atoms with van der Waals surface area (Å²) in [6.07, 6.45) is 9.59. The molecule has 2 aromatic carbocycles. The molecule has 4 saturated carbocycles. The molecule has 2 aromatic rings. The first-order valence-corrected chi connectivity index (χ1v) is 13.7. The summed E-state index contributed by atoms with van der Waals surface area (Å²) in [5.41, 5.74) is 1.42. The fourth-order valence-electron chi connectivity index (χ4n) is 6.42. The highest BCUT2D eigenvalue weighted by Crippen LogP contribution is 2.55. The molecule has 32 heavy (non-hydrogen) atoms. The molecule has 0 saturated heterocycles. The molecule has 0 heterocycles. The number of rotatable bonds is 7. The van der Waals surface area contributed by atoms with Crippen molar-refractivity contribution < 1.29 is 9.59 Å². The van der Waals surface area contributed by atoms with Gasteiger partial charge in [0.05, 0.1) is 11.3 Å². The van der Waals surface area contributed by atoms with Crippen LogP contribution in [0.1, 0.15) is 48.9 Å². The Bertz CT molecular complexity index is 987. The highest BCUT2D eigenvalue weighted by Gasteiger charge is 2.51. The van der Waals surface area contributed by atoms with E-state index in [0.29, 0.717) is 11.3 Å². The van der Waals surface area contributed by atoms with Crippen molar-refractivity contribution in [3.8, 4) is 0 Å². The molecule has 6 rings (SSSR count). The first kappa shape index (κ1) is 21.9. The van der Waals surface area contributed by atoms with Gasteiger partial charge in [0.1, 0.15) is 0 Å². The van der Waals surface area contributed by atoms with Crippen LogP contribution in [0.4, 0.5) is 5.69 Å². The molecule has 4 nitrogen and oxygen atoms in total. The number of hydrogen-bond acceptors (Lipinski definition) is 4. The first-order valence-electron chi connectivity index (χ1n) is 11.5. The van der Waals surface area contributed by atoms with Crippen molar-refractivity contribution in [1.82, 2.24) is 5.32 Å². The summed E-state index contributed by atoms with van der Waals surface area (Å²) in [4.78, 5) is 27.8. The van der Waals surface area contributed by atoms with E-state index >= 15 is 0 Å². The molecule has 0 aromatic heterocycles. The average molecular weight is 467 g/mol. The number of benzene rings is 2. The van der Waals surface area contributed by atoms with E-state index in [1.54, 1.807) is 11.8 Å². The number of thioether (sulfide) groups is 2. The van der Waals surface area contributed by atoms with Crippen LogP contribution in [0.15, 0.2) is 58.3 Å². The lowest BCUT2D eigenvalue weighted by molar-refractivity contribution is -0.124. The summed E-state index contributed by atoms with van der Waals surface area (Å²) in [5.74, 6) is 2.72. The summed E-state index contributed by atoms with van der Waals surface area (Å²) < 4.78 is 0. The summed E-state index contributed by atoms with van der Waals surface area (Å²) in [6, 6.07) is 15.4. The molecule has 2 amide bonds. The Morgan fingerprint density at radius 2 is 1.66 bits per heavy atom. The van der Waals surface area contributed by atoms with Gasteiger partial charge in [0.25, 0.3) is 5.91 Å². The van der Waals surface area contributed by atoms with Crippen molar-refractivity contribution in [3.63, 3.8) is 0 Å². The van der Waals surface area contributed by atoms with E-state index in [1.807, 2.05) is 54.8 Å². The third-order valence-corrected chi connectivity index (χ3v) is 9.06. The maximum atomic E-state index is 12.9. The van der Waals surface area contributed by atoms with Crippen molar-refractivity contribution >= 4 is 41.0 Å². The van der Waals surface area contributed by atoms with Crippen LogP contribution < -0.4 is 10.6 Å². The number of hydrogen-bond donors (Lipinski definition) is 2. The lowest BCUT2D eigenvalue weighted by atomic mass is 9.53. The molecule has 168 valence electrons. The van der Waals surface area contributed by atoms with E-state index in [-0.39, 0.29) is 17.4 Å². The second kappa shape index (κ2) is 9.14. The SMILES string of the molecule is CSc1cccc(NC(=O)c2ccccc2SCC(=O)NC23CC4CC(CC(C4)C2)C3)c1. The summed E-state index contributed by atoms with van der Waals surface area (Å²) in [6.45, 7) is 0. The fraction of sp³-hybridized carbons (Fsp3) is 0.462. The predicted octanol–water partition coefficient (Wildman–Crippen LogP) is 5.84. The predicted molar refractivity (Wildman–Crippen MR) is 132 cm³/mol. The van der Waals surface area contributed by atoms with Gasteiger partial charge in [0, 0.05) is 21.0 Å². The van der Waals surface area contributed by atoms with E-state index in [2.05, 4.69) is 10.6 Å². The van der Waals surface area contributed by atoms with Crippen LogP contribution in [-0.2, 0) is 4.79 Å². The molecule has 4 fully saturated rings. The Balaban J connectivity index is 1.22. The summed E-state index contributed by atoms with van der Waals surface area (Å²) in [5, 5.41) is 6.43. The Hall–Kier alpha value is -1.92. The number of nitrogens with one attached hydrogen (secondary N) is 2. The Kier molecular flexibility index (Phi) is 6.26. The average Bonchev–Trinajstić information content (AvgIpc) is 2.76. The molecule has 6 heteroatoms. The quantitative estimate of drug-likeness (QED) is 0.504. The maximum absolute atomic E-state index is 12.9. The summed E-state index contributed by atoms with van der Waals surface area (Å²) in [7, 11) is 0. The van der Waals surface area contributed by atoms with Gasteiger partial charge >= 0.3 is 0 Å². The molecule has 4 aliphatic rings. The van der Waals surface area contributed by atoms with E-state index in [0.717, 1.165) is 52.5 Å². The van der Waals surface area contributed by atoms with Crippen molar-refractivity contribution in [3.05, 3.63) is 54.1 Å². The Morgan fingerprint density at radius 1 is 0.969 bits per heavy atom. The van der Waals surface area contributed by atoms with Gasteiger partial charge in [-0.1, -0.05) is 18.2 Å². The summed E-state index contributed by atoms with van der Waals surface area (Å²) >= 11 is 3.10. The zero-order chi connectivity index (χ0) is 22.1. The molecule has 0 unspecified atom stereocenters. The minimum atomic E-state index is -0.146. The third kappa shape index (κ3) is 4.72. The van der Waals surface area contributed by atoms with Gasteiger partial charge in [-0.25, -0.2) is 0 Å². The van der Waals surface area contributed by atoms with Crippen LogP contribution in [0.25, 0.3) is 0 Å². The zero-order valence-corrected chi connectivity index (χ0v) is 20.1. The Morgan fingerprint density at radius 3 is 2.34 bits per heavy atom. The topological polar surface area (TPSA) is 58.2 Å². The van der Waals surface area contributed by atoms with Crippen LogP contribution in [0.3, 0.4) is 0 Å². The van der Waals surface area contributed by atoms with Crippen molar-refractivity contribution in [1.29, 1.82) is 0 Å². The molecule has 0 spiro atoms. The van der Waals surface area contributed by atoms with Gasteiger partial charge in [0.15, 0.2) is 0 Å². The van der Waals surface area contributed by atoms with Crippen molar-refractivity contribution in [2.75, 3.05) is 17.3 Å². The van der Waals surface area contributed by atoms with Crippen LogP contribution in [0.2, 0.25) is 0 Å². The fourth-order valence-corrected chi connectivity index (χ4v) is 7.73. The molecule has 0 atom stereocenters. The molecule has 0 aliphatic heterocycles. The van der Waals surface area contributed by atoms with Crippen molar-refractivity contribution in [2.24, 2.45) is 17.8 Å². The highest BCUT2D eigenvalue weighted by atomic mass is 32.2. The minimum Gasteiger partial charge on any atom is -0.350 e. The number of carbonyl (C=O) groups excluding carboxylic acids is 2. The standard InChI is InChI=1S/C26H30N2O2S2/c1-31-21-6-4-5-20(12-21)27-25(30)22-7-2-3-8-23(22)32-16-24(29)28-26-13-17-9-18(14-26)11-19(10-17)15-26/h2-8,12,17-19H,9-11,13-16H2,1H3,(H,27,30)(H,28,29). The van der Waals surface area contributed by atoms with E-state index in [1.165, 1.54) is 31.0 Å². The van der Waals surface area contributed by atoms with Gasteiger partial charge in [-0.3, -0.25) is 9.59 Å². The van der Waals surface area contributed by atoms with Gasteiger partial charge in [0.2, 0.25) is 5.91 Å². The number of carbonyl (C=O) groups is 2. The van der Waals surface area contributed by atoms with Crippen LogP contribution in [-0.4, -0.2) is 29.4 Å². The van der Waals surface area contributed by atoms with Gasteiger partial charge in [-0.15, -0.1) is 23.5 Å². The van der Waals surface area contributed by atoms with Crippen LogP contribution >= 0.6 is 23.5 Å². The van der Waals surface area contributed by atoms with E-state index in [4.69, 9.17) is 0 Å². The maximum Gasteiger partial charge on any atom is 0.256 e.